The fourth-order valence-electron chi connectivity index (χ4n) is 4.53. The number of nitrogens with zero attached hydrogens (tertiary/aromatic N) is 3. The van der Waals surface area contributed by atoms with E-state index in [-0.39, 0.29) is 18.5 Å². The highest BCUT2D eigenvalue weighted by Gasteiger charge is 2.37. The molecule has 1 saturated heterocycles. The van der Waals surface area contributed by atoms with Crippen molar-refractivity contribution in [3.63, 3.8) is 0 Å². The molecule has 2 amide bonds. The van der Waals surface area contributed by atoms with Crippen molar-refractivity contribution in [3.05, 3.63) is 36.4 Å². The zero-order valence-electron chi connectivity index (χ0n) is 17.3. The molecule has 2 aromatic rings. The lowest BCUT2D eigenvalue weighted by molar-refractivity contribution is -0.156. The molecule has 2 heterocycles. The first-order chi connectivity index (χ1) is 14.6. The maximum atomic E-state index is 13.4. The number of likely N-dealkylation sites (tertiary alicyclic amines) is 1. The van der Waals surface area contributed by atoms with E-state index in [4.69, 9.17) is 4.99 Å². The summed E-state index contributed by atoms with van der Waals surface area (Å²) < 4.78 is 0. The van der Waals surface area contributed by atoms with Crippen LogP contribution in [0, 0.1) is 5.92 Å². The quantitative estimate of drug-likeness (QED) is 0.394. The van der Waals surface area contributed by atoms with E-state index in [0.717, 1.165) is 53.7 Å². The van der Waals surface area contributed by atoms with E-state index in [1.54, 1.807) is 0 Å². The molecular formula is C23H28N4O3. The second kappa shape index (κ2) is 8.83. The molecule has 7 nitrogen and oxygen atoms in total. The first-order valence-electron chi connectivity index (χ1n) is 10.7. The van der Waals surface area contributed by atoms with E-state index in [1.807, 2.05) is 29.2 Å². The third kappa shape index (κ3) is 3.89. The van der Waals surface area contributed by atoms with Gasteiger partial charge in [-0.05, 0) is 36.8 Å². The van der Waals surface area contributed by atoms with Crippen LogP contribution in [0.15, 0.2) is 41.4 Å². The van der Waals surface area contributed by atoms with E-state index >= 15 is 0 Å². The van der Waals surface area contributed by atoms with Crippen LogP contribution >= 0.6 is 0 Å². The number of carbonyl (C=O) groups excluding carboxylic acids is 2. The van der Waals surface area contributed by atoms with Crippen LogP contribution in [0.1, 0.15) is 39.0 Å². The van der Waals surface area contributed by atoms with Gasteiger partial charge in [-0.1, -0.05) is 44.0 Å². The molecule has 0 unspecified atom stereocenters. The summed E-state index contributed by atoms with van der Waals surface area (Å²) in [5, 5.41) is 16.0. The van der Waals surface area contributed by atoms with Crippen LogP contribution in [0.5, 0.6) is 0 Å². The molecule has 0 aliphatic carbocycles. The number of nitrogens with one attached hydrogen (secondary N) is 1. The normalized spacial score (nSPS) is 18.7. The monoisotopic (exact) mass is 408 g/mol. The first kappa shape index (κ1) is 20.3. The smallest absolute Gasteiger partial charge is 0.233 e. The summed E-state index contributed by atoms with van der Waals surface area (Å²) in [7, 11) is 0. The number of rotatable bonds is 8. The summed E-state index contributed by atoms with van der Waals surface area (Å²) >= 11 is 0. The molecule has 2 aliphatic heterocycles. The highest BCUT2D eigenvalue weighted by Crippen LogP contribution is 2.37. The number of aliphatic imine (C=N–C) groups is 1. The van der Waals surface area contributed by atoms with E-state index in [9.17, 15) is 14.8 Å². The summed E-state index contributed by atoms with van der Waals surface area (Å²) in [5.74, 6) is 0.353. The largest absolute Gasteiger partial charge is 0.341 e. The van der Waals surface area contributed by atoms with Crippen LogP contribution in [0.25, 0.3) is 10.8 Å². The van der Waals surface area contributed by atoms with Crippen molar-refractivity contribution in [3.8, 4) is 0 Å². The second-order valence-corrected chi connectivity index (χ2v) is 8.06. The summed E-state index contributed by atoms with van der Waals surface area (Å²) in [6.45, 7) is 2.74. The Labute approximate surface area is 176 Å². The van der Waals surface area contributed by atoms with Crippen molar-refractivity contribution < 1.29 is 14.8 Å². The summed E-state index contributed by atoms with van der Waals surface area (Å²) in [4.78, 5) is 31.0. The maximum absolute atomic E-state index is 13.4. The lowest BCUT2D eigenvalue weighted by Crippen LogP contribution is -2.47. The molecule has 0 saturated carbocycles. The molecule has 0 spiro atoms. The minimum absolute atomic E-state index is 0.0200. The molecule has 2 aromatic carbocycles. The fourth-order valence-corrected chi connectivity index (χ4v) is 4.53. The topological polar surface area (TPSA) is 85.2 Å². The third-order valence-corrected chi connectivity index (χ3v) is 6.02. The predicted octanol–water partition coefficient (Wildman–Crippen LogP) is 3.94. The van der Waals surface area contributed by atoms with Gasteiger partial charge in [0.1, 0.15) is 5.84 Å². The molecule has 0 radical (unpaired) electrons. The second-order valence-electron chi connectivity index (χ2n) is 8.06. The van der Waals surface area contributed by atoms with E-state index < -0.39 is 5.92 Å². The van der Waals surface area contributed by atoms with Crippen molar-refractivity contribution >= 4 is 40.3 Å². The number of anilines is 1. The fraction of sp³-hybridized carbons (Fsp3) is 0.435. The minimum atomic E-state index is -0.416. The third-order valence-electron chi connectivity index (χ3n) is 6.02. The van der Waals surface area contributed by atoms with Gasteiger partial charge >= 0.3 is 0 Å². The minimum Gasteiger partial charge on any atom is -0.341 e. The Morgan fingerprint density at radius 2 is 2.17 bits per heavy atom. The molecule has 0 aromatic heterocycles. The van der Waals surface area contributed by atoms with Gasteiger partial charge in [0.15, 0.2) is 0 Å². The van der Waals surface area contributed by atoms with Crippen molar-refractivity contribution in [1.82, 2.24) is 9.96 Å². The highest BCUT2D eigenvalue weighted by molar-refractivity contribution is 6.15. The summed E-state index contributed by atoms with van der Waals surface area (Å²) in [6, 6.07) is 12.1. The zero-order valence-corrected chi connectivity index (χ0v) is 17.3. The lowest BCUT2D eigenvalue weighted by atomic mass is 9.99. The summed E-state index contributed by atoms with van der Waals surface area (Å²) in [5.41, 5.74) is 1.93. The van der Waals surface area contributed by atoms with Crippen LogP contribution in [0.4, 0.5) is 11.4 Å². The Balaban J connectivity index is 1.60. The van der Waals surface area contributed by atoms with Crippen LogP contribution in [-0.2, 0) is 9.59 Å². The first-order valence-corrected chi connectivity index (χ1v) is 10.7. The van der Waals surface area contributed by atoms with Crippen LogP contribution in [-0.4, -0.2) is 52.5 Å². The van der Waals surface area contributed by atoms with Gasteiger partial charge in [0, 0.05) is 17.6 Å². The maximum Gasteiger partial charge on any atom is 0.233 e. The van der Waals surface area contributed by atoms with Crippen LogP contribution in [0.2, 0.25) is 0 Å². The number of amides is 2. The van der Waals surface area contributed by atoms with Crippen LogP contribution < -0.4 is 5.32 Å². The van der Waals surface area contributed by atoms with Crippen molar-refractivity contribution in [2.45, 2.75) is 45.1 Å². The van der Waals surface area contributed by atoms with Crippen molar-refractivity contribution in [2.24, 2.45) is 10.9 Å². The molecular weight excluding hydrogens is 380 g/mol. The Morgan fingerprint density at radius 1 is 1.37 bits per heavy atom. The molecule has 30 heavy (non-hydrogen) atoms. The highest BCUT2D eigenvalue weighted by atomic mass is 16.5. The Kier molecular flexibility index (Phi) is 5.99. The average Bonchev–Trinajstić information content (AvgIpc) is 3.26. The SMILES string of the molecule is CCCC[C@H](CN(O)C=O)C(=O)N1CCC[C@H]1C1=Nc2cccc3cccc(c23)N1. The van der Waals surface area contributed by atoms with Gasteiger partial charge in [0.25, 0.3) is 0 Å². The molecule has 0 bridgehead atoms. The van der Waals surface area contributed by atoms with Gasteiger partial charge in [-0.15, -0.1) is 0 Å². The number of hydrogen-bond donors (Lipinski definition) is 2. The molecule has 2 N–H and O–H groups in total. The summed E-state index contributed by atoms with van der Waals surface area (Å²) in [6.07, 6.45) is 4.57. The number of hydrogen-bond acceptors (Lipinski definition) is 5. The average molecular weight is 409 g/mol. The van der Waals surface area contributed by atoms with Gasteiger partial charge in [-0.2, -0.15) is 0 Å². The predicted molar refractivity (Wildman–Crippen MR) is 117 cm³/mol. The van der Waals surface area contributed by atoms with Crippen molar-refractivity contribution in [2.75, 3.05) is 18.4 Å². The lowest BCUT2D eigenvalue weighted by Gasteiger charge is -2.32. The van der Waals surface area contributed by atoms with Gasteiger partial charge < -0.3 is 10.2 Å². The molecule has 4 rings (SSSR count). The number of unbranched alkanes of at least 4 members (excludes halogenated alkanes) is 1. The van der Waals surface area contributed by atoms with Gasteiger partial charge in [-0.3, -0.25) is 14.8 Å². The molecule has 1 fully saturated rings. The molecule has 2 aliphatic rings. The number of carbonyl (C=O) groups is 2. The number of hydroxylamine groups is 2. The number of amidine groups is 1. The zero-order chi connectivity index (χ0) is 21.1. The molecule has 158 valence electrons. The standard InChI is InChI=1S/C23H28N4O3/c1-2-3-7-17(14-26(30)15-28)23(29)27-13-6-12-20(27)22-24-18-10-4-8-16-9-5-11-19(25-22)21(16)18/h4-5,8-11,15,17,20,30H,2-3,6-7,12-14H2,1H3,(H,24,25)/t17-,20+/m1/s1. The Hall–Kier alpha value is -2.93. The van der Waals surface area contributed by atoms with Gasteiger partial charge in [-0.25, -0.2) is 10.1 Å². The van der Waals surface area contributed by atoms with E-state index in [0.29, 0.717) is 24.4 Å². The molecule has 7 heteroatoms. The van der Waals surface area contributed by atoms with Crippen molar-refractivity contribution in [1.29, 1.82) is 0 Å². The molecule has 2 atom stereocenters. The Morgan fingerprint density at radius 3 is 2.93 bits per heavy atom. The van der Waals surface area contributed by atoms with Crippen LogP contribution in [0.3, 0.4) is 0 Å². The number of benzene rings is 2. The Bertz CT molecular complexity index is 969. The van der Waals surface area contributed by atoms with Gasteiger partial charge in [0.05, 0.1) is 24.2 Å². The van der Waals surface area contributed by atoms with E-state index in [1.165, 1.54) is 0 Å². The van der Waals surface area contributed by atoms with Gasteiger partial charge in [0.2, 0.25) is 12.3 Å². The van der Waals surface area contributed by atoms with E-state index in [2.05, 4.69) is 24.4 Å².